The third-order valence-corrected chi connectivity index (χ3v) is 6.02. The fourth-order valence-corrected chi connectivity index (χ4v) is 4.31. The molecule has 1 aromatic heterocycles. The lowest BCUT2D eigenvalue weighted by atomic mass is 9.95. The molecule has 0 atom stereocenters. The van der Waals surface area contributed by atoms with Crippen LogP contribution in [-0.2, 0) is 17.9 Å². The molecule has 1 N–H and O–H groups in total. The minimum absolute atomic E-state index is 0.0457. The van der Waals surface area contributed by atoms with E-state index >= 15 is 0 Å². The Hall–Kier alpha value is -3.25. The quantitative estimate of drug-likeness (QED) is 0.656. The van der Waals surface area contributed by atoms with Gasteiger partial charge in [-0.3, -0.25) is 9.69 Å². The number of amides is 1. The van der Waals surface area contributed by atoms with Gasteiger partial charge < -0.3 is 19.4 Å². The van der Waals surface area contributed by atoms with E-state index < -0.39 is 0 Å². The summed E-state index contributed by atoms with van der Waals surface area (Å²) in [5, 5.41) is 3.04. The highest BCUT2D eigenvalue weighted by molar-refractivity contribution is 5.93. The Morgan fingerprint density at radius 2 is 1.74 bits per heavy atom. The van der Waals surface area contributed by atoms with Crippen LogP contribution < -0.4 is 14.8 Å². The second-order valence-corrected chi connectivity index (χ2v) is 8.29. The van der Waals surface area contributed by atoms with Crippen LogP contribution in [0.3, 0.4) is 0 Å². The molecule has 1 amide bonds. The summed E-state index contributed by atoms with van der Waals surface area (Å²) in [5.74, 6) is 1.55. The standard InChI is InChI=1S/C25H27N3O3/c29-25(26-22-6-7-23-24(14-22)31-18-30-23)21-9-12-27(13-10-21)16-20-8-11-28(17-20)15-19-4-2-1-3-5-19/h1-8,11,14,17,21H,9-10,12-13,15-16,18H2,(H,26,29). The van der Waals surface area contributed by atoms with Gasteiger partial charge in [0.15, 0.2) is 11.5 Å². The summed E-state index contributed by atoms with van der Waals surface area (Å²) in [6.45, 7) is 3.92. The normalized spacial score (nSPS) is 16.4. The predicted octanol–water partition coefficient (Wildman–Crippen LogP) is 4.12. The number of aromatic nitrogens is 1. The Morgan fingerprint density at radius 3 is 2.58 bits per heavy atom. The zero-order valence-corrected chi connectivity index (χ0v) is 17.5. The molecular weight excluding hydrogens is 390 g/mol. The lowest BCUT2D eigenvalue weighted by Gasteiger charge is -2.31. The van der Waals surface area contributed by atoms with E-state index in [1.807, 2.05) is 24.3 Å². The number of hydrogen-bond acceptors (Lipinski definition) is 4. The maximum atomic E-state index is 12.7. The number of nitrogens with one attached hydrogen (secondary N) is 1. The number of rotatable bonds is 6. The van der Waals surface area contributed by atoms with E-state index in [1.165, 1.54) is 11.1 Å². The molecule has 0 aliphatic carbocycles. The molecule has 3 heterocycles. The largest absolute Gasteiger partial charge is 0.454 e. The highest BCUT2D eigenvalue weighted by Crippen LogP contribution is 2.34. The zero-order valence-electron chi connectivity index (χ0n) is 17.5. The second-order valence-electron chi connectivity index (χ2n) is 8.29. The molecule has 0 radical (unpaired) electrons. The molecule has 5 rings (SSSR count). The van der Waals surface area contributed by atoms with Gasteiger partial charge in [-0.25, -0.2) is 0 Å². The van der Waals surface area contributed by atoms with E-state index in [-0.39, 0.29) is 18.6 Å². The van der Waals surface area contributed by atoms with Gasteiger partial charge in [-0.05, 0) is 55.3 Å². The van der Waals surface area contributed by atoms with Gasteiger partial charge in [0.2, 0.25) is 12.7 Å². The Balaban J connectivity index is 1.10. The lowest BCUT2D eigenvalue weighted by molar-refractivity contribution is -0.121. The third-order valence-electron chi connectivity index (χ3n) is 6.02. The minimum Gasteiger partial charge on any atom is -0.454 e. The number of anilines is 1. The van der Waals surface area contributed by atoms with E-state index in [1.54, 1.807) is 0 Å². The number of piperidine rings is 1. The van der Waals surface area contributed by atoms with Gasteiger partial charge in [-0.1, -0.05) is 30.3 Å². The Labute approximate surface area is 182 Å². The molecule has 2 aromatic carbocycles. The maximum Gasteiger partial charge on any atom is 0.231 e. The number of carbonyl (C=O) groups excluding carboxylic acids is 1. The van der Waals surface area contributed by atoms with Crippen LogP contribution in [0.15, 0.2) is 67.0 Å². The van der Waals surface area contributed by atoms with Crippen LogP contribution in [0.4, 0.5) is 5.69 Å². The first-order chi connectivity index (χ1) is 15.2. The lowest BCUT2D eigenvalue weighted by Crippen LogP contribution is -2.37. The molecule has 160 valence electrons. The number of benzene rings is 2. The summed E-state index contributed by atoms with van der Waals surface area (Å²) < 4.78 is 12.9. The van der Waals surface area contributed by atoms with Gasteiger partial charge >= 0.3 is 0 Å². The van der Waals surface area contributed by atoms with Crippen LogP contribution in [0.25, 0.3) is 0 Å². The van der Waals surface area contributed by atoms with Crippen LogP contribution >= 0.6 is 0 Å². The summed E-state index contributed by atoms with van der Waals surface area (Å²) in [7, 11) is 0. The number of hydrogen-bond donors (Lipinski definition) is 1. The van der Waals surface area contributed by atoms with Gasteiger partial charge in [0.25, 0.3) is 0 Å². The van der Waals surface area contributed by atoms with E-state index in [2.05, 4.69) is 57.5 Å². The zero-order chi connectivity index (χ0) is 21.0. The molecule has 0 saturated carbocycles. The van der Waals surface area contributed by atoms with Crippen LogP contribution in [0.5, 0.6) is 11.5 Å². The fraction of sp³-hybridized carbons (Fsp3) is 0.320. The van der Waals surface area contributed by atoms with Crippen molar-refractivity contribution < 1.29 is 14.3 Å². The molecule has 6 nitrogen and oxygen atoms in total. The Bertz CT molecular complexity index is 1040. The Morgan fingerprint density at radius 1 is 0.935 bits per heavy atom. The summed E-state index contributed by atoms with van der Waals surface area (Å²) >= 11 is 0. The van der Waals surface area contributed by atoms with E-state index in [0.717, 1.165) is 50.5 Å². The highest BCUT2D eigenvalue weighted by Gasteiger charge is 2.25. The van der Waals surface area contributed by atoms with Crippen molar-refractivity contribution in [2.24, 2.45) is 5.92 Å². The first-order valence-electron chi connectivity index (χ1n) is 10.8. The molecule has 1 fully saturated rings. The van der Waals surface area contributed by atoms with E-state index in [9.17, 15) is 4.79 Å². The average molecular weight is 418 g/mol. The van der Waals surface area contributed by atoms with Crippen molar-refractivity contribution >= 4 is 11.6 Å². The third kappa shape index (κ3) is 4.75. The van der Waals surface area contributed by atoms with Crippen molar-refractivity contribution in [3.63, 3.8) is 0 Å². The molecular formula is C25H27N3O3. The maximum absolute atomic E-state index is 12.7. The van der Waals surface area contributed by atoms with Crippen LogP contribution in [0.1, 0.15) is 24.0 Å². The van der Waals surface area contributed by atoms with Crippen molar-refractivity contribution in [2.45, 2.75) is 25.9 Å². The average Bonchev–Trinajstić information content (AvgIpc) is 3.44. The Kier molecular flexibility index (Phi) is 5.63. The summed E-state index contributed by atoms with van der Waals surface area (Å²) in [6.07, 6.45) is 6.13. The highest BCUT2D eigenvalue weighted by atomic mass is 16.7. The SMILES string of the molecule is O=C(Nc1ccc2c(c1)OCO2)C1CCN(Cc2ccn(Cc3ccccc3)c2)CC1. The molecule has 3 aromatic rings. The van der Waals surface area contributed by atoms with Crippen molar-refractivity contribution in [3.05, 3.63) is 78.1 Å². The van der Waals surface area contributed by atoms with Gasteiger partial charge in [0.05, 0.1) is 0 Å². The fourth-order valence-electron chi connectivity index (χ4n) is 4.31. The number of fused-ring (bicyclic) bond motifs is 1. The van der Waals surface area contributed by atoms with Gasteiger partial charge in [-0.15, -0.1) is 0 Å². The van der Waals surface area contributed by atoms with Gasteiger partial charge in [-0.2, -0.15) is 0 Å². The first kappa shape index (κ1) is 19.7. The van der Waals surface area contributed by atoms with Crippen LogP contribution in [-0.4, -0.2) is 35.3 Å². The summed E-state index contributed by atoms with van der Waals surface area (Å²) in [4.78, 5) is 15.1. The number of ether oxygens (including phenoxy) is 2. The smallest absolute Gasteiger partial charge is 0.231 e. The molecule has 2 aliphatic rings. The van der Waals surface area contributed by atoms with Crippen molar-refractivity contribution in [1.29, 1.82) is 0 Å². The van der Waals surface area contributed by atoms with Gasteiger partial charge in [0.1, 0.15) is 0 Å². The van der Waals surface area contributed by atoms with Crippen molar-refractivity contribution in [2.75, 3.05) is 25.2 Å². The molecule has 0 unspecified atom stereocenters. The molecule has 0 bridgehead atoms. The monoisotopic (exact) mass is 417 g/mol. The molecule has 2 aliphatic heterocycles. The predicted molar refractivity (Wildman–Crippen MR) is 119 cm³/mol. The summed E-state index contributed by atoms with van der Waals surface area (Å²) in [5.41, 5.74) is 3.38. The molecule has 0 spiro atoms. The number of nitrogens with zero attached hydrogens (tertiary/aromatic N) is 2. The summed E-state index contributed by atoms with van der Waals surface area (Å²) in [6, 6.07) is 18.2. The topological polar surface area (TPSA) is 55.7 Å². The first-order valence-corrected chi connectivity index (χ1v) is 10.8. The second kappa shape index (κ2) is 8.86. The van der Waals surface area contributed by atoms with E-state index in [0.29, 0.717) is 5.75 Å². The molecule has 6 heteroatoms. The van der Waals surface area contributed by atoms with Crippen molar-refractivity contribution in [3.8, 4) is 11.5 Å². The minimum atomic E-state index is 0.0457. The van der Waals surface area contributed by atoms with Crippen molar-refractivity contribution in [1.82, 2.24) is 9.47 Å². The van der Waals surface area contributed by atoms with Crippen LogP contribution in [0.2, 0.25) is 0 Å². The number of likely N-dealkylation sites (tertiary alicyclic amines) is 1. The number of carbonyl (C=O) groups is 1. The molecule has 31 heavy (non-hydrogen) atoms. The molecule has 1 saturated heterocycles. The van der Waals surface area contributed by atoms with Crippen LogP contribution in [0, 0.1) is 5.92 Å². The van der Waals surface area contributed by atoms with E-state index in [4.69, 9.17) is 9.47 Å². The van der Waals surface area contributed by atoms with Gasteiger partial charge in [0, 0.05) is 43.2 Å².